The third kappa shape index (κ3) is 4.04. The van der Waals surface area contributed by atoms with Gasteiger partial charge in [-0.1, -0.05) is 0 Å². The number of nitrogens with zero attached hydrogens (tertiary/aromatic N) is 8. The summed E-state index contributed by atoms with van der Waals surface area (Å²) in [6.07, 6.45) is 0. The Morgan fingerprint density at radius 2 is 1.82 bits per heavy atom. The van der Waals surface area contributed by atoms with E-state index >= 15 is 0 Å². The number of ether oxygens (including phenoxy) is 1. The Morgan fingerprint density at radius 1 is 1.09 bits per heavy atom. The molecule has 3 aromatic rings. The number of carbonyl (C=O) groups excluding carboxylic acids is 1. The van der Waals surface area contributed by atoms with E-state index in [0.29, 0.717) is 23.1 Å². The number of anilines is 1. The molecule has 0 N–H and O–H groups in total. The van der Waals surface area contributed by atoms with Gasteiger partial charge in [0.2, 0.25) is 11.6 Å². The summed E-state index contributed by atoms with van der Waals surface area (Å²) in [4.78, 5) is 19.8. The Labute approximate surface area is 192 Å². The van der Waals surface area contributed by atoms with Crippen molar-refractivity contribution < 1.29 is 9.53 Å². The van der Waals surface area contributed by atoms with Crippen LogP contribution in [0, 0.1) is 13.8 Å². The monoisotopic (exact) mass is 448 g/mol. The molecule has 2 aromatic heterocycles. The Hall–Kier alpha value is -3.82. The van der Waals surface area contributed by atoms with E-state index in [1.807, 2.05) is 39.1 Å². The number of hydrogen-bond acceptors (Lipinski definition) is 8. The lowest BCUT2D eigenvalue weighted by Crippen LogP contribution is -2.25. The maximum atomic E-state index is 12.7. The minimum atomic E-state index is -0.553. The van der Waals surface area contributed by atoms with E-state index in [9.17, 15) is 4.79 Å². The zero-order valence-electron chi connectivity index (χ0n) is 19.8. The smallest absolute Gasteiger partial charge is 0.361 e. The average molecular weight is 449 g/mol. The molecule has 10 heteroatoms. The number of benzene rings is 1. The Bertz CT molecular complexity index is 1240. The molecular formula is C23H28N8O2. The Morgan fingerprint density at radius 3 is 2.42 bits per heavy atom. The minimum Gasteiger partial charge on any atom is -0.461 e. The van der Waals surface area contributed by atoms with Crippen LogP contribution in [-0.4, -0.2) is 61.7 Å². The lowest BCUT2D eigenvalue weighted by Gasteiger charge is -2.21. The van der Waals surface area contributed by atoms with Crippen LogP contribution in [0.1, 0.15) is 37.9 Å². The summed E-state index contributed by atoms with van der Waals surface area (Å²) in [5, 5.41) is 17.5. The van der Waals surface area contributed by atoms with Gasteiger partial charge >= 0.3 is 5.97 Å². The number of aryl methyl sites for hydroxylation is 3. The first kappa shape index (κ1) is 22.4. The van der Waals surface area contributed by atoms with Crippen LogP contribution < -0.4 is 4.90 Å². The van der Waals surface area contributed by atoms with Crippen molar-refractivity contribution in [1.82, 2.24) is 24.7 Å². The van der Waals surface area contributed by atoms with Crippen molar-refractivity contribution in [2.75, 3.05) is 24.6 Å². The summed E-state index contributed by atoms with van der Waals surface area (Å²) >= 11 is 0. The molecule has 1 aliphatic heterocycles. The van der Waals surface area contributed by atoms with Crippen LogP contribution in [0.2, 0.25) is 0 Å². The predicted octanol–water partition coefficient (Wildman–Crippen LogP) is 3.04. The maximum Gasteiger partial charge on any atom is 0.361 e. The second-order valence-corrected chi connectivity index (χ2v) is 7.73. The first-order valence-corrected chi connectivity index (χ1v) is 11.0. The van der Waals surface area contributed by atoms with Gasteiger partial charge in [-0.25, -0.2) is 9.79 Å². The molecule has 0 spiro atoms. The maximum absolute atomic E-state index is 12.7. The summed E-state index contributed by atoms with van der Waals surface area (Å²) < 4.78 is 8.49. The van der Waals surface area contributed by atoms with Crippen LogP contribution in [0.3, 0.4) is 0 Å². The van der Waals surface area contributed by atoms with E-state index < -0.39 is 5.97 Å². The normalized spacial score (nSPS) is 13.9. The summed E-state index contributed by atoms with van der Waals surface area (Å²) in [6, 6.07) is 7.96. The predicted molar refractivity (Wildman–Crippen MR) is 127 cm³/mol. The molecule has 33 heavy (non-hydrogen) atoms. The Kier molecular flexibility index (Phi) is 6.08. The lowest BCUT2D eigenvalue weighted by atomic mass is 10.1. The SMILES string of the molecule is CCOC(=O)C1=Nn2c(nnc2-c2cc(C)n(C)n2)C1=Nc1ccc(N(CC)CC)cc1C. The highest BCUT2D eigenvalue weighted by atomic mass is 16.5. The fraction of sp³-hybridized carbons (Fsp3) is 0.391. The van der Waals surface area contributed by atoms with Gasteiger partial charge in [0.15, 0.2) is 5.71 Å². The van der Waals surface area contributed by atoms with Crippen molar-refractivity contribution in [2.45, 2.75) is 34.6 Å². The van der Waals surface area contributed by atoms with Crippen LogP contribution in [0.4, 0.5) is 11.4 Å². The van der Waals surface area contributed by atoms with E-state index in [2.05, 4.69) is 45.2 Å². The van der Waals surface area contributed by atoms with Crippen molar-refractivity contribution in [3.63, 3.8) is 0 Å². The molecule has 0 saturated carbocycles. The molecule has 3 heterocycles. The molecule has 0 amide bonds. The Balaban J connectivity index is 1.80. The molecule has 0 atom stereocenters. The zero-order chi connectivity index (χ0) is 23.7. The van der Waals surface area contributed by atoms with Gasteiger partial charge in [-0.3, -0.25) is 4.68 Å². The number of aromatic nitrogens is 5. The molecule has 172 valence electrons. The van der Waals surface area contributed by atoms with Gasteiger partial charge in [0.25, 0.3) is 0 Å². The summed E-state index contributed by atoms with van der Waals surface area (Å²) in [6.45, 7) is 12.0. The summed E-state index contributed by atoms with van der Waals surface area (Å²) in [7, 11) is 1.85. The second kappa shape index (κ2) is 8.97. The molecule has 1 aromatic carbocycles. The molecule has 4 rings (SSSR count). The third-order valence-electron chi connectivity index (χ3n) is 5.63. The molecule has 0 radical (unpaired) electrons. The van der Waals surface area contributed by atoms with E-state index in [1.165, 1.54) is 4.68 Å². The highest BCUT2D eigenvalue weighted by Gasteiger charge is 2.34. The number of esters is 1. The number of carbonyl (C=O) groups is 1. The van der Waals surface area contributed by atoms with Gasteiger partial charge in [-0.05, 0) is 64.4 Å². The van der Waals surface area contributed by atoms with Crippen LogP contribution in [-0.2, 0) is 16.6 Å². The van der Waals surface area contributed by atoms with Crippen molar-refractivity contribution in [1.29, 1.82) is 0 Å². The molecule has 0 bridgehead atoms. The van der Waals surface area contributed by atoms with Gasteiger partial charge in [0.1, 0.15) is 11.4 Å². The molecule has 10 nitrogen and oxygen atoms in total. The van der Waals surface area contributed by atoms with E-state index in [1.54, 1.807) is 11.6 Å². The first-order valence-electron chi connectivity index (χ1n) is 11.0. The van der Waals surface area contributed by atoms with Crippen LogP contribution in [0.25, 0.3) is 11.5 Å². The lowest BCUT2D eigenvalue weighted by molar-refractivity contribution is -0.134. The van der Waals surface area contributed by atoms with Crippen molar-refractivity contribution >= 4 is 28.8 Å². The fourth-order valence-corrected chi connectivity index (χ4v) is 3.72. The van der Waals surface area contributed by atoms with Crippen molar-refractivity contribution in [3.05, 3.63) is 41.3 Å². The number of aliphatic imine (C=N–C) groups is 1. The number of hydrogen-bond donors (Lipinski definition) is 0. The first-order chi connectivity index (χ1) is 15.9. The summed E-state index contributed by atoms with van der Waals surface area (Å²) in [5.74, 6) is 0.264. The molecule has 0 saturated heterocycles. The van der Waals surface area contributed by atoms with Crippen LogP contribution >= 0.6 is 0 Å². The molecular weight excluding hydrogens is 420 g/mol. The van der Waals surface area contributed by atoms with Crippen molar-refractivity contribution in [3.8, 4) is 11.5 Å². The van der Waals surface area contributed by atoms with Gasteiger partial charge in [0.05, 0.1) is 12.3 Å². The highest BCUT2D eigenvalue weighted by molar-refractivity contribution is 6.69. The molecule has 0 aliphatic carbocycles. The van der Waals surface area contributed by atoms with E-state index in [4.69, 9.17) is 9.73 Å². The van der Waals surface area contributed by atoms with Gasteiger partial charge < -0.3 is 9.64 Å². The number of fused-ring (bicyclic) bond motifs is 1. The molecule has 1 aliphatic rings. The largest absolute Gasteiger partial charge is 0.461 e. The molecule has 0 fully saturated rings. The van der Waals surface area contributed by atoms with E-state index in [0.717, 1.165) is 35.7 Å². The minimum absolute atomic E-state index is 0.0999. The van der Waals surface area contributed by atoms with Crippen LogP contribution in [0.5, 0.6) is 0 Å². The third-order valence-corrected chi connectivity index (χ3v) is 5.63. The fourth-order valence-electron chi connectivity index (χ4n) is 3.72. The average Bonchev–Trinajstić information content (AvgIpc) is 3.45. The van der Waals surface area contributed by atoms with Crippen molar-refractivity contribution in [2.24, 2.45) is 17.1 Å². The van der Waals surface area contributed by atoms with Gasteiger partial charge in [0, 0.05) is 31.5 Å². The topological polar surface area (TPSA) is 103 Å². The van der Waals surface area contributed by atoms with Gasteiger partial charge in [-0.2, -0.15) is 14.9 Å². The van der Waals surface area contributed by atoms with Gasteiger partial charge in [-0.15, -0.1) is 10.2 Å². The standard InChI is InChI=1S/C23H28N8O2/c1-7-30(8-2)16-10-11-17(14(4)12-16)24-19-20(23(32)33-9-3)28-31-21(25-26-22(19)31)18-13-15(5)29(6)27-18/h10-13H,7-9H2,1-6H3. The second-order valence-electron chi connectivity index (χ2n) is 7.73. The van der Waals surface area contributed by atoms with E-state index in [-0.39, 0.29) is 12.3 Å². The summed E-state index contributed by atoms with van der Waals surface area (Å²) in [5.41, 5.74) is 4.84. The highest BCUT2D eigenvalue weighted by Crippen LogP contribution is 2.28. The molecule has 0 unspecified atom stereocenters. The quantitative estimate of drug-likeness (QED) is 0.515. The zero-order valence-corrected chi connectivity index (χ0v) is 19.8. The van der Waals surface area contributed by atoms with Crippen LogP contribution in [0.15, 0.2) is 34.4 Å². The number of rotatable bonds is 7.